The van der Waals surface area contributed by atoms with Gasteiger partial charge in [0, 0.05) is 18.1 Å². The Morgan fingerprint density at radius 2 is 1.85 bits per heavy atom. The molecule has 9 heteroatoms. The molecule has 0 aliphatic rings. The molecule has 166 valence electrons. The van der Waals surface area contributed by atoms with Gasteiger partial charge in [-0.15, -0.1) is 0 Å². The molecule has 0 saturated heterocycles. The van der Waals surface area contributed by atoms with Crippen molar-refractivity contribution in [3.8, 4) is 28.8 Å². The fraction of sp³-hybridized carbons (Fsp3) is 0.0800. The van der Waals surface area contributed by atoms with Crippen LogP contribution in [0.15, 0.2) is 67.3 Å². The Hall–Kier alpha value is -4.48. The van der Waals surface area contributed by atoms with Crippen LogP contribution in [-0.2, 0) is 6.42 Å². The zero-order chi connectivity index (χ0) is 23.5. The molecule has 0 radical (unpaired) electrons. The summed E-state index contributed by atoms with van der Waals surface area (Å²) in [6.07, 6.45) is 5.74. The van der Waals surface area contributed by atoms with Crippen molar-refractivity contribution in [2.75, 3.05) is 5.32 Å². The second-order valence-electron chi connectivity index (χ2n) is 7.41. The summed E-state index contributed by atoms with van der Waals surface area (Å²) in [5.41, 5.74) is 5.24. The molecule has 3 aromatic heterocycles. The van der Waals surface area contributed by atoms with E-state index in [2.05, 4.69) is 42.4 Å². The van der Waals surface area contributed by atoms with Crippen LogP contribution >= 0.6 is 11.6 Å². The van der Waals surface area contributed by atoms with Gasteiger partial charge in [-0.1, -0.05) is 18.5 Å². The van der Waals surface area contributed by atoms with Crippen molar-refractivity contribution in [3.63, 3.8) is 0 Å². The maximum Gasteiger partial charge on any atom is 0.250 e. The minimum Gasteiger partial charge on any atom is -0.435 e. The summed E-state index contributed by atoms with van der Waals surface area (Å²) in [5.74, 6) is 1.13. The zero-order valence-corrected chi connectivity index (χ0v) is 18.8. The quantitative estimate of drug-likeness (QED) is 0.313. The maximum atomic E-state index is 9.00. The number of nitrogens with zero attached hydrogens (tertiary/aromatic N) is 5. The van der Waals surface area contributed by atoms with Crippen LogP contribution < -0.4 is 10.1 Å². The van der Waals surface area contributed by atoms with E-state index in [-0.39, 0.29) is 0 Å². The predicted octanol–water partition coefficient (Wildman–Crippen LogP) is 6.04. The molecule has 5 rings (SSSR count). The van der Waals surface area contributed by atoms with E-state index < -0.39 is 0 Å². The Kier molecular flexibility index (Phi) is 5.77. The molecule has 5 aromatic rings. The first-order valence-corrected chi connectivity index (χ1v) is 10.9. The van der Waals surface area contributed by atoms with Crippen molar-refractivity contribution in [2.45, 2.75) is 13.3 Å². The summed E-state index contributed by atoms with van der Waals surface area (Å²) in [4.78, 5) is 20.4. The average molecular weight is 468 g/mol. The fourth-order valence-corrected chi connectivity index (χ4v) is 3.81. The van der Waals surface area contributed by atoms with Crippen LogP contribution in [0, 0.1) is 11.3 Å². The Balaban J connectivity index is 1.52. The van der Waals surface area contributed by atoms with E-state index in [1.165, 1.54) is 6.33 Å². The molecule has 0 bridgehead atoms. The van der Waals surface area contributed by atoms with Gasteiger partial charge in [-0.2, -0.15) is 15.2 Å². The monoisotopic (exact) mass is 467 g/mol. The average Bonchev–Trinajstić information content (AvgIpc) is 3.35. The smallest absolute Gasteiger partial charge is 0.250 e. The SMILES string of the molecule is CCc1cc(-c2ccncc2)cc(Cl)c1Oc1nc(Nc2ccc(C#N)cc2)nc2nc[nH]c12. The number of nitrogens with one attached hydrogen (secondary N) is 2. The number of imidazole rings is 1. The molecule has 0 spiro atoms. The van der Waals surface area contributed by atoms with E-state index in [4.69, 9.17) is 21.6 Å². The van der Waals surface area contributed by atoms with E-state index in [1.54, 1.807) is 36.7 Å². The highest BCUT2D eigenvalue weighted by Crippen LogP contribution is 2.38. The number of benzene rings is 2. The van der Waals surface area contributed by atoms with Crippen molar-refractivity contribution in [3.05, 3.63) is 83.4 Å². The molecule has 2 N–H and O–H groups in total. The standard InChI is InChI=1S/C25H18ClN7O/c1-2-16-11-18(17-7-9-28-10-8-17)12-20(26)22(16)34-24-21-23(30-14-29-21)32-25(33-24)31-19-5-3-15(13-27)4-6-19/h3-12,14H,2H2,1H3,(H2,29,30,31,32,33). The van der Waals surface area contributed by atoms with Crippen LogP contribution in [0.1, 0.15) is 18.1 Å². The minimum absolute atomic E-state index is 0.298. The van der Waals surface area contributed by atoms with E-state index >= 15 is 0 Å². The lowest BCUT2D eigenvalue weighted by molar-refractivity contribution is 0.463. The number of H-pyrrole nitrogens is 1. The molecular weight excluding hydrogens is 450 g/mol. The number of hydrogen-bond acceptors (Lipinski definition) is 7. The third kappa shape index (κ3) is 4.25. The largest absolute Gasteiger partial charge is 0.435 e. The number of halogens is 1. The van der Waals surface area contributed by atoms with Crippen LogP contribution in [-0.4, -0.2) is 24.9 Å². The number of fused-ring (bicyclic) bond motifs is 1. The van der Waals surface area contributed by atoms with E-state index in [0.29, 0.717) is 45.7 Å². The van der Waals surface area contributed by atoms with Gasteiger partial charge in [0.2, 0.25) is 5.95 Å². The van der Waals surface area contributed by atoms with Crippen LogP contribution in [0.3, 0.4) is 0 Å². The van der Waals surface area contributed by atoms with Crippen LogP contribution in [0.4, 0.5) is 11.6 Å². The van der Waals surface area contributed by atoms with Crippen LogP contribution in [0.5, 0.6) is 11.6 Å². The van der Waals surface area contributed by atoms with E-state index in [1.807, 2.05) is 25.1 Å². The number of aromatic amines is 1. The van der Waals surface area contributed by atoms with Gasteiger partial charge in [-0.25, -0.2) is 4.98 Å². The Bertz CT molecular complexity index is 1510. The summed E-state index contributed by atoms with van der Waals surface area (Å²) in [7, 11) is 0. The second kappa shape index (κ2) is 9.17. The van der Waals surface area contributed by atoms with E-state index in [0.717, 1.165) is 22.4 Å². The molecule has 8 nitrogen and oxygen atoms in total. The molecule has 0 fully saturated rings. The number of anilines is 2. The number of rotatable bonds is 6. The molecule has 0 saturated carbocycles. The fourth-order valence-electron chi connectivity index (χ4n) is 3.53. The number of aryl methyl sites for hydroxylation is 1. The van der Waals surface area contributed by atoms with Crippen molar-refractivity contribution >= 4 is 34.4 Å². The molecule has 0 aliphatic carbocycles. The lowest BCUT2D eigenvalue weighted by atomic mass is 10.0. The first kappa shape index (κ1) is 21.4. The molecule has 34 heavy (non-hydrogen) atoms. The number of hydrogen-bond donors (Lipinski definition) is 2. The normalized spacial score (nSPS) is 10.7. The van der Waals surface area contributed by atoms with Gasteiger partial charge in [0.25, 0.3) is 5.88 Å². The lowest BCUT2D eigenvalue weighted by Crippen LogP contribution is -2.01. The third-order valence-electron chi connectivity index (χ3n) is 5.24. The Morgan fingerprint density at radius 1 is 1.06 bits per heavy atom. The summed E-state index contributed by atoms with van der Waals surface area (Å²) in [6, 6.07) is 16.9. The van der Waals surface area contributed by atoms with Gasteiger partial charge in [0.1, 0.15) is 5.52 Å². The Labute approximate surface area is 200 Å². The van der Waals surface area contributed by atoms with Gasteiger partial charge in [-0.05, 0) is 71.6 Å². The zero-order valence-electron chi connectivity index (χ0n) is 18.1. The summed E-state index contributed by atoms with van der Waals surface area (Å²) < 4.78 is 6.26. The predicted molar refractivity (Wildman–Crippen MR) is 130 cm³/mol. The summed E-state index contributed by atoms with van der Waals surface area (Å²) in [5, 5.41) is 12.6. The molecule has 0 amide bonds. The molecule has 2 aromatic carbocycles. The van der Waals surface area contributed by atoms with Gasteiger partial charge in [0.15, 0.2) is 11.4 Å². The third-order valence-corrected chi connectivity index (χ3v) is 5.52. The van der Waals surface area contributed by atoms with Crippen molar-refractivity contribution in [2.24, 2.45) is 0 Å². The molecule has 0 aliphatic heterocycles. The van der Waals surface area contributed by atoms with Gasteiger partial charge >= 0.3 is 0 Å². The molecule has 0 atom stereocenters. The summed E-state index contributed by atoms with van der Waals surface area (Å²) in [6.45, 7) is 2.04. The topological polar surface area (TPSA) is 112 Å². The van der Waals surface area contributed by atoms with Crippen LogP contribution in [0.2, 0.25) is 5.02 Å². The highest BCUT2D eigenvalue weighted by atomic mass is 35.5. The maximum absolute atomic E-state index is 9.00. The first-order chi connectivity index (χ1) is 16.6. The number of pyridine rings is 1. The number of nitriles is 1. The van der Waals surface area contributed by atoms with Crippen molar-refractivity contribution < 1.29 is 4.74 Å². The Morgan fingerprint density at radius 3 is 2.59 bits per heavy atom. The van der Waals surface area contributed by atoms with Gasteiger partial charge in [0.05, 0.1) is 23.0 Å². The first-order valence-electron chi connectivity index (χ1n) is 10.5. The van der Waals surface area contributed by atoms with Gasteiger partial charge in [-0.3, -0.25) is 4.98 Å². The van der Waals surface area contributed by atoms with Crippen molar-refractivity contribution in [1.29, 1.82) is 5.26 Å². The molecule has 0 unspecified atom stereocenters. The lowest BCUT2D eigenvalue weighted by Gasteiger charge is -2.15. The highest BCUT2D eigenvalue weighted by molar-refractivity contribution is 6.32. The number of ether oxygens (including phenoxy) is 1. The highest BCUT2D eigenvalue weighted by Gasteiger charge is 2.17. The second-order valence-corrected chi connectivity index (χ2v) is 7.81. The van der Waals surface area contributed by atoms with Gasteiger partial charge < -0.3 is 15.0 Å². The minimum atomic E-state index is 0.298. The van der Waals surface area contributed by atoms with Crippen LogP contribution in [0.25, 0.3) is 22.3 Å². The number of aromatic nitrogens is 5. The summed E-state index contributed by atoms with van der Waals surface area (Å²) >= 11 is 6.68. The molecule has 3 heterocycles. The molecular formula is C25H18ClN7O. The van der Waals surface area contributed by atoms with Crippen molar-refractivity contribution in [1.82, 2.24) is 24.9 Å². The van der Waals surface area contributed by atoms with E-state index in [9.17, 15) is 0 Å².